The summed E-state index contributed by atoms with van der Waals surface area (Å²) < 4.78 is 39.8. The van der Waals surface area contributed by atoms with Crippen LogP contribution in [0, 0.1) is 5.92 Å². The number of hydrogen-bond donors (Lipinski definition) is 1. The Labute approximate surface area is 241 Å². The first-order valence-corrected chi connectivity index (χ1v) is 14.4. The molecule has 4 aromatic rings. The lowest BCUT2D eigenvalue weighted by molar-refractivity contribution is -0.137. The second kappa shape index (κ2) is 12.3. The van der Waals surface area contributed by atoms with Gasteiger partial charge in [-0.15, -0.1) is 11.3 Å². The Balaban J connectivity index is 1.20. The molecule has 2 amide bonds. The number of amides is 2. The van der Waals surface area contributed by atoms with Crippen LogP contribution in [0.3, 0.4) is 0 Å². The maximum absolute atomic E-state index is 13.3. The number of nitrogens with one attached hydrogen (secondary N) is 1. The molecule has 0 radical (unpaired) electrons. The first kappa shape index (κ1) is 28.5. The van der Waals surface area contributed by atoms with E-state index in [0.29, 0.717) is 36.3 Å². The van der Waals surface area contributed by atoms with Gasteiger partial charge in [-0.25, -0.2) is 4.98 Å². The van der Waals surface area contributed by atoms with Crippen molar-refractivity contribution in [1.29, 1.82) is 0 Å². The number of hydrogen-bond acceptors (Lipinski definition) is 4. The smallest absolute Gasteiger partial charge is 0.342 e. The highest BCUT2D eigenvalue weighted by molar-refractivity contribution is 7.10. The number of para-hydroxylation sites is 1. The quantitative estimate of drug-likeness (QED) is 0.245. The lowest BCUT2D eigenvalue weighted by Crippen LogP contribution is -2.41. The van der Waals surface area contributed by atoms with Crippen molar-refractivity contribution >= 4 is 28.8 Å². The molecule has 1 aliphatic rings. The van der Waals surface area contributed by atoms with Gasteiger partial charge in [0.1, 0.15) is 5.69 Å². The van der Waals surface area contributed by atoms with Crippen molar-refractivity contribution in [1.82, 2.24) is 9.88 Å². The molecule has 0 aliphatic carbocycles. The Hall–Kier alpha value is -3.98. The number of nitrogens with zero attached hydrogens (tertiary/aromatic N) is 2. The normalized spacial score (nSPS) is 15.0. The van der Waals surface area contributed by atoms with Crippen molar-refractivity contribution < 1.29 is 22.8 Å². The van der Waals surface area contributed by atoms with Gasteiger partial charge in [-0.1, -0.05) is 67.6 Å². The number of aromatic nitrogens is 1. The van der Waals surface area contributed by atoms with Gasteiger partial charge < -0.3 is 10.2 Å². The third kappa shape index (κ3) is 6.85. The third-order valence-electron chi connectivity index (χ3n) is 7.39. The minimum Gasteiger partial charge on any atom is -0.342 e. The molecule has 1 fully saturated rings. The van der Waals surface area contributed by atoms with Crippen LogP contribution >= 0.6 is 11.3 Å². The Morgan fingerprint density at radius 3 is 2.44 bits per heavy atom. The number of rotatable bonds is 7. The zero-order chi connectivity index (χ0) is 29.0. The highest BCUT2D eigenvalue weighted by atomic mass is 32.1. The van der Waals surface area contributed by atoms with Crippen LogP contribution in [0.15, 0.2) is 84.2 Å². The van der Waals surface area contributed by atoms with Crippen LogP contribution in [0.5, 0.6) is 0 Å². The van der Waals surface area contributed by atoms with E-state index in [1.54, 1.807) is 35.7 Å². The van der Waals surface area contributed by atoms with Gasteiger partial charge in [0, 0.05) is 41.6 Å². The zero-order valence-electron chi connectivity index (χ0n) is 22.5. The summed E-state index contributed by atoms with van der Waals surface area (Å²) in [6, 6.07) is 21.8. The van der Waals surface area contributed by atoms with Crippen LogP contribution in [-0.2, 0) is 17.4 Å². The van der Waals surface area contributed by atoms with Crippen LogP contribution < -0.4 is 5.32 Å². The summed E-state index contributed by atoms with van der Waals surface area (Å²) in [4.78, 5) is 32.6. The second-order valence-electron chi connectivity index (χ2n) is 10.3. The fourth-order valence-corrected chi connectivity index (χ4v) is 6.16. The topological polar surface area (TPSA) is 62.3 Å². The van der Waals surface area contributed by atoms with Crippen molar-refractivity contribution in [2.75, 3.05) is 18.4 Å². The molecule has 0 spiro atoms. The lowest BCUT2D eigenvalue weighted by atomic mass is 9.94. The molecular weight excluding hydrogens is 547 g/mol. The first-order chi connectivity index (χ1) is 19.7. The fraction of sp³-hybridized carbons (Fsp3) is 0.281. The molecule has 5 nitrogen and oxygen atoms in total. The molecule has 9 heteroatoms. The highest BCUT2D eigenvalue weighted by Gasteiger charge is 2.31. The van der Waals surface area contributed by atoms with Gasteiger partial charge in [-0.05, 0) is 48.6 Å². The maximum atomic E-state index is 13.3. The molecule has 1 atom stereocenters. The molecule has 1 saturated heterocycles. The molecule has 41 heavy (non-hydrogen) atoms. The molecule has 2 heterocycles. The first-order valence-electron chi connectivity index (χ1n) is 13.5. The Bertz CT molecular complexity index is 1510. The van der Waals surface area contributed by atoms with Crippen molar-refractivity contribution in [3.63, 3.8) is 0 Å². The average molecular weight is 578 g/mol. The highest BCUT2D eigenvalue weighted by Crippen LogP contribution is 2.35. The fourth-order valence-electron chi connectivity index (χ4n) is 5.19. The van der Waals surface area contributed by atoms with Crippen LogP contribution in [0.25, 0.3) is 11.1 Å². The molecule has 5 rings (SSSR count). The minimum absolute atomic E-state index is 0.0945. The molecule has 212 valence electrons. The number of benzene rings is 3. The number of halogens is 3. The lowest BCUT2D eigenvalue weighted by Gasteiger charge is -2.33. The summed E-state index contributed by atoms with van der Waals surface area (Å²) in [6.07, 6.45) is -2.20. The van der Waals surface area contributed by atoms with E-state index >= 15 is 0 Å². The van der Waals surface area contributed by atoms with Gasteiger partial charge in [-0.3, -0.25) is 9.59 Å². The predicted octanol–water partition coefficient (Wildman–Crippen LogP) is 7.67. The van der Waals surface area contributed by atoms with Gasteiger partial charge in [0.25, 0.3) is 5.91 Å². The summed E-state index contributed by atoms with van der Waals surface area (Å²) in [5.74, 6) is -0.199. The van der Waals surface area contributed by atoms with Crippen molar-refractivity contribution in [3.05, 3.63) is 106 Å². The monoisotopic (exact) mass is 577 g/mol. The molecule has 3 aromatic carbocycles. The number of alkyl halides is 3. The summed E-state index contributed by atoms with van der Waals surface area (Å²) >= 11 is 1.42. The van der Waals surface area contributed by atoms with Crippen LogP contribution in [0.2, 0.25) is 0 Å². The number of carbonyl (C=O) groups excluding carboxylic acids is 2. The van der Waals surface area contributed by atoms with E-state index in [4.69, 9.17) is 0 Å². The number of thiazole rings is 1. The number of likely N-dealkylation sites (tertiary alicyclic amines) is 1. The number of anilines is 1. The minimum atomic E-state index is -4.46. The Morgan fingerprint density at radius 1 is 1.00 bits per heavy atom. The zero-order valence-corrected chi connectivity index (χ0v) is 23.3. The van der Waals surface area contributed by atoms with Gasteiger partial charge in [0.05, 0.1) is 10.6 Å². The van der Waals surface area contributed by atoms with Crippen LogP contribution in [0.1, 0.15) is 52.3 Å². The van der Waals surface area contributed by atoms with E-state index in [1.165, 1.54) is 17.4 Å². The maximum Gasteiger partial charge on any atom is 0.416 e. The summed E-state index contributed by atoms with van der Waals surface area (Å²) in [7, 11) is 0. The Morgan fingerprint density at radius 2 is 1.71 bits per heavy atom. The van der Waals surface area contributed by atoms with Crippen molar-refractivity contribution in [2.24, 2.45) is 5.92 Å². The standard InChI is InChI=1S/C32H30F3N3O2S/c1-21(18-22-8-3-2-4-9-22)31(40)38-16-14-23(15-17-38)30-37-28(20-41-30)29(39)36-27-13-6-5-12-26(27)24-10-7-11-25(19-24)32(33,34)35/h2-13,19-21,23H,14-18H2,1H3,(H,36,39). The van der Waals surface area contributed by atoms with E-state index in [-0.39, 0.29) is 23.4 Å². The summed E-state index contributed by atoms with van der Waals surface area (Å²) in [5.41, 5.74) is 1.91. The number of piperidine rings is 1. The van der Waals surface area contributed by atoms with Gasteiger partial charge in [0.15, 0.2) is 0 Å². The van der Waals surface area contributed by atoms with E-state index < -0.39 is 17.6 Å². The van der Waals surface area contributed by atoms with E-state index in [9.17, 15) is 22.8 Å². The van der Waals surface area contributed by atoms with Crippen LogP contribution in [-0.4, -0.2) is 34.8 Å². The summed E-state index contributed by atoms with van der Waals surface area (Å²) in [6.45, 7) is 3.26. The molecule has 1 aliphatic heterocycles. The average Bonchev–Trinajstić information content (AvgIpc) is 3.48. The van der Waals surface area contributed by atoms with Gasteiger partial charge >= 0.3 is 6.18 Å². The molecular formula is C32H30F3N3O2S. The van der Waals surface area contributed by atoms with Crippen molar-refractivity contribution in [2.45, 2.75) is 38.3 Å². The van der Waals surface area contributed by atoms with E-state index in [2.05, 4.69) is 10.3 Å². The second-order valence-corrected chi connectivity index (χ2v) is 11.2. The van der Waals surface area contributed by atoms with Crippen LogP contribution in [0.4, 0.5) is 18.9 Å². The number of carbonyl (C=O) groups is 2. The van der Waals surface area contributed by atoms with Gasteiger partial charge in [0.2, 0.25) is 5.91 Å². The molecule has 0 bridgehead atoms. The summed E-state index contributed by atoms with van der Waals surface area (Å²) in [5, 5.41) is 5.38. The van der Waals surface area contributed by atoms with Crippen molar-refractivity contribution in [3.8, 4) is 11.1 Å². The van der Waals surface area contributed by atoms with E-state index in [0.717, 1.165) is 35.5 Å². The molecule has 1 aromatic heterocycles. The molecule has 1 N–H and O–H groups in total. The predicted molar refractivity (Wildman–Crippen MR) is 155 cm³/mol. The largest absolute Gasteiger partial charge is 0.416 e. The molecule has 0 saturated carbocycles. The SMILES string of the molecule is CC(Cc1ccccc1)C(=O)N1CCC(c2nc(C(=O)Nc3ccccc3-c3cccc(C(F)(F)F)c3)cs2)CC1. The van der Waals surface area contributed by atoms with Gasteiger partial charge in [-0.2, -0.15) is 13.2 Å². The Kier molecular flexibility index (Phi) is 8.54. The molecule has 1 unspecified atom stereocenters. The third-order valence-corrected chi connectivity index (χ3v) is 8.40. The van der Waals surface area contributed by atoms with E-state index in [1.807, 2.05) is 42.2 Å².